The van der Waals surface area contributed by atoms with E-state index in [1.54, 1.807) is 37.3 Å². The zero-order chi connectivity index (χ0) is 15.6. The Bertz CT molecular complexity index is 800. The van der Waals surface area contributed by atoms with Gasteiger partial charge in [-0.25, -0.2) is 8.42 Å². The van der Waals surface area contributed by atoms with Crippen molar-refractivity contribution in [2.75, 3.05) is 11.6 Å². The second-order valence-electron chi connectivity index (χ2n) is 4.71. The number of benzene rings is 2. The minimum Gasteiger partial charge on any atom is -0.322 e. The smallest absolute Gasteiger partial charge is 0.255 e. The van der Waals surface area contributed by atoms with Gasteiger partial charge in [0.1, 0.15) is 0 Å². The summed E-state index contributed by atoms with van der Waals surface area (Å²) < 4.78 is 23.0. The molecule has 2 aromatic rings. The quantitative estimate of drug-likeness (QED) is 0.942. The molecule has 4 nitrogen and oxygen atoms in total. The maximum atomic E-state index is 12.1. The molecule has 110 valence electrons. The summed E-state index contributed by atoms with van der Waals surface area (Å²) in [6.45, 7) is 1.74. The van der Waals surface area contributed by atoms with Crippen LogP contribution in [-0.4, -0.2) is 20.6 Å². The Morgan fingerprint density at radius 3 is 2.43 bits per heavy atom. The van der Waals surface area contributed by atoms with Crippen LogP contribution in [0.25, 0.3) is 0 Å². The standard InChI is InChI=1S/C15H14ClNO3S/c1-10-8-13(21(2,19)20)6-7-14(10)17-15(18)11-4-3-5-12(16)9-11/h3-9H,1-2H3,(H,17,18). The molecule has 0 unspecified atom stereocenters. The van der Waals surface area contributed by atoms with Crippen molar-refractivity contribution in [3.63, 3.8) is 0 Å². The van der Waals surface area contributed by atoms with Gasteiger partial charge in [0, 0.05) is 22.5 Å². The van der Waals surface area contributed by atoms with E-state index in [2.05, 4.69) is 5.32 Å². The summed E-state index contributed by atoms with van der Waals surface area (Å²) in [7, 11) is -3.26. The van der Waals surface area contributed by atoms with Gasteiger partial charge in [-0.2, -0.15) is 0 Å². The fourth-order valence-electron chi connectivity index (χ4n) is 1.83. The van der Waals surface area contributed by atoms with Gasteiger partial charge in [-0.1, -0.05) is 17.7 Å². The maximum Gasteiger partial charge on any atom is 0.255 e. The van der Waals surface area contributed by atoms with Gasteiger partial charge in [0.05, 0.1) is 4.90 Å². The van der Waals surface area contributed by atoms with Gasteiger partial charge < -0.3 is 5.32 Å². The monoisotopic (exact) mass is 323 g/mol. The van der Waals surface area contributed by atoms with Crippen LogP contribution in [-0.2, 0) is 9.84 Å². The highest BCUT2D eigenvalue weighted by molar-refractivity contribution is 7.90. The lowest BCUT2D eigenvalue weighted by atomic mass is 10.1. The molecule has 2 aromatic carbocycles. The number of amides is 1. The molecule has 0 spiro atoms. The fraction of sp³-hybridized carbons (Fsp3) is 0.133. The van der Waals surface area contributed by atoms with E-state index in [0.29, 0.717) is 21.8 Å². The summed E-state index contributed by atoms with van der Waals surface area (Å²) in [5.41, 5.74) is 1.68. The van der Waals surface area contributed by atoms with Crippen molar-refractivity contribution in [1.82, 2.24) is 0 Å². The average Bonchev–Trinajstić information content (AvgIpc) is 2.39. The Balaban J connectivity index is 2.26. The first kappa shape index (κ1) is 15.5. The molecule has 6 heteroatoms. The van der Waals surface area contributed by atoms with Crippen LogP contribution in [0.5, 0.6) is 0 Å². The molecule has 1 N–H and O–H groups in total. The number of aryl methyl sites for hydroxylation is 1. The van der Waals surface area contributed by atoms with Gasteiger partial charge in [-0.15, -0.1) is 0 Å². The first-order chi connectivity index (χ1) is 9.77. The summed E-state index contributed by atoms with van der Waals surface area (Å²) in [5, 5.41) is 3.22. The van der Waals surface area contributed by atoms with Gasteiger partial charge in [0.15, 0.2) is 9.84 Å². The number of carbonyl (C=O) groups excluding carboxylic acids is 1. The van der Waals surface area contributed by atoms with Crippen LogP contribution in [0.2, 0.25) is 5.02 Å². The van der Waals surface area contributed by atoms with Crippen LogP contribution in [0.1, 0.15) is 15.9 Å². The van der Waals surface area contributed by atoms with Crippen molar-refractivity contribution in [1.29, 1.82) is 0 Å². The highest BCUT2D eigenvalue weighted by Crippen LogP contribution is 2.21. The Hall–Kier alpha value is -1.85. The number of anilines is 1. The third-order valence-corrected chi connectivity index (χ3v) is 4.31. The molecular formula is C15H14ClNO3S. The number of sulfone groups is 1. The molecule has 2 rings (SSSR count). The van der Waals surface area contributed by atoms with E-state index in [4.69, 9.17) is 11.6 Å². The Morgan fingerprint density at radius 1 is 1.14 bits per heavy atom. The second-order valence-corrected chi connectivity index (χ2v) is 7.17. The lowest BCUT2D eigenvalue weighted by Crippen LogP contribution is -2.13. The predicted molar refractivity (Wildman–Crippen MR) is 83.7 cm³/mol. The molecule has 0 fully saturated rings. The van der Waals surface area contributed by atoms with Crippen LogP contribution >= 0.6 is 11.6 Å². The number of nitrogens with one attached hydrogen (secondary N) is 1. The maximum absolute atomic E-state index is 12.1. The average molecular weight is 324 g/mol. The number of hydrogen-bond acceptors (Lipinski definition) is 3. The van der Waals surface area contributed by atoms with Gasteiger partial charge in [-0.3, -0.25) is 4.79 Å². The number of halogens is 1. The summed E-state index contributed by atoms with van der Waals surface area (Å²) in [6, 6.07) is 11.2. The minimum atomic E-state index is -3.26. The molecular weight excluding hydrogens is 310 g/mol. The molecule has 0 aromatic heterocycles. The molecule has 0 bridgehead atoms. The highest BCUT2D eigenvalue weighted by atomic mass is 35.5. The van der Waals surface area contributed by atoms with Gasteiger partial charge in [0.2, 0.25) is 0 Å². The van der Waals surface area contributed by atoms with Crippen LogP contribution < -0.4 is 5.32 Å². The first-order valence-electron chi connectivity index (χ1n) is 6.15. The lowest BCUT2D eigenvalue weighted by molar-refractivity contribution is 0.102. The van der Waals surface area contributed by atoms with E-state index in [-0.39, 0.29) is 10.8 Å². The summed E-state index contributed by atoms with van der Waals surface area (Å²) in [5.74, 6) is -0.298. The third-order valence-electron chi connectivity index (χ3n) is 2.96. The Labute approximate surface area is 128 Å². The minimum absolute atomic E-state index is 0.223. The normalized spacial score (nSPS) is 11.2. The molecule has 0 radical (unpaired) electrons. The lowest BCUT2D eigenvalue weighted by Gasteiger charge is -2.10. The van der Waals surface area contributed by atoms with Crippen LogP contribution in [0, 0.1) is 6.92 Å². The highest BCUT2D eigenvalue weighted by Gasteiger charge is 2.11. The van der Waals surface area contributed by atoms with E-state index in [0.717, 1.165) is 6.26 Å². The topological polar surface area (TPSA) is 63.2 Å². The van der Waals surface area contributed by atoms with E-state index < -0.39 is 9.84 Å². The molecule has 0 saturated heterocycles. The van der Waals surface area contributed by atoms with Crippen molar-refractivity contribution in [3.05, 3.63) is 58.6 Å². The first-order valence-corrected chi connectivity index (χ1v) is 8.42. The Morgan fingerprint density at radius 2 is 1.86 bits per heavy atom. The van der Waals surface area contributed by atoms with Crippen molar-refractivity contribution >= 4 is 33.0 Å². The van der Waals surface area contributed by atoms with Crippen LogP contribution in [0.3, 0.4) is 0 Å². The molecule has 0 saturated carbocycles. The largest absolute Gasteiger partial charge is 0.322 e. The summed E-state index contributed by atoms with van der Waals surface area (Å²) in [4.78, 5) is 12.3. The zero-order valence-electron chi connectivity index (χ0n) is 11.6. The van der Waals surface area contributed by atoms with Crippen molar-refractivity contribution < 1.29 is 13.2 Å². The van der Waals surface area contributed by atoms with Crippen molar-refractivity contribution in [2.45, 2.75) is 11.8 Å². The fourth-order valence-corrected chi connectivity index (χ4v) is 2.73. The molecule has 0 heterocycles. The molecule has 0 atom stereocenters. The number of hydrogen-bond donors (Lipinski definition) is 1. The molecule has 0 aliphatic carbocycles. The summed E-state index contributed by atoms with van der Waals surface area (Å²) >= 11 is 5.85. The van der Waals surface area contributed by atoms with E-state index in [9.17, 15) is 13.2 Å². The summed E-state index contributed by atoms with van der Waals surface area (Å²) in [6.07, 6.45) is 1.14. The number of carbonyl (C=O) groups is 1. The van der Waals surface area contributed by atoms with Crippen molar-refractivity contribution in [3.8, 4) is 0 Å². The van der Waals surface area contributed by atoms with Crippen molar-refractivity contribution in [2.24, 2.45) is 0 Å². The second kappa shape index (κ2) is 5.87. The molecule has 0 aliphatic heterocycles. The van der Waals surface area contributed by atoms with Crippen LogP contribution in [0.15, 0.2) is 47.4 Å². The van der Waals surface area contributed by atoms with E-state index in [1.807, 2.05) is 0 Å². The van der Waals surface area contributed by atoms with Gasteiger partial charge in [0.25, 0.3) is 5.91 Å². The molecule has 21 heavy (non-hydrogen) atoms. The number of rotatable bonds is 3. The van der Waals surface area contributed by atoms with E-state index >= 15 is 0 Å². The van der Waals surface area contributed by atoms with Crippen LogP contribution in [0.4, 0.5) is 5.69 Å². The van der Waals surface area contributed by atoms with Gasteiger partial charge in [-0.05, 0) is 48.9 Å². The zero-order valence-corrected chi connectivity index (χ0v) is 13.1. The molecule has 1 amide bonds. The van der Waals surface area contributed by atoms with E-state index in [1.165, 1.54) is 12.1 Å². The Kier molecular flexibility index (Phi) is 4.34. The molecule has 0 aliphatic rings. The predicted octanol–water partition coefficient (Wildman–Crippen LogP) is 3.30. The third kappa shape index (κ3) is 3.83. The van der Waals surface area contributed by atoms with Gasteiger partial charge >= 0.3 is 0 Å². The SMILES string of the molecule is Cc1cc(S(C)(=O)=O)ccc1NC(=O)c1cccc(Cl)c1.